The van der Waals surface area contributed by atoms with Crippen molar-refractivity contribution in [2.75, 3.05) is 29.1 Å². The first-order valence-corrected chi connectivity index (χ1v) is 10.5. The van der Waals surface area contributed by atoms with E-state index in [2.05, 4.69) is 0 Å². The predicted octanol–water partition coefficient (Wildman–Crippen LogP) is 3.86. The molecule has 0 unspecified atom stereocenters. The largest absolute Gasteiger partial charge is 0.316 e. The van der Waals surface area contributed by atoms with Gasteiger partial charge >= 0.3 is 0 Å². The Morgan fingerprint density at radius 1 is 1.12 bits per heavy atom. The first-order chi connectivity index (χ1) is 12.2. The molecule has 0 bridgehead atoms. The minimum Gasteiger partial charge on any atom is -0.316 e. The van der Waals surface area contributed by atoms with Crippen LogP contribution in [0.3, 0.4) is 0 Å². The molecule has 0 saturated carbocycles. The van der Waals surface area contributed by atoms with Gasteiger partial charge in [0, 0.05) is 30.7 Å². The number of benzene rings is 2. The summed E-state index contributed by atoms with van der Waals surface area (Å²) in [5.74, 6) is -0.0625. The molecule has 2 rings (SSSR count). The number of hydrogen-bond acceptors (Lipinski definition) is 3. The molecule has 0 aliphatic carbocycles. The third-order valence-electron chi connectivity index (χ3n) is 4.11. The predicted molar refractivity (Wildman–Crippen MR) is 107 cm³/mol. The van der Waals surface area contributed by atoms with Gasteiger partial charge in [-0.25, -0.2) is 8.42 Å². The first kappa shape index (κ1) is 20.3. The molecule has 5 nitrogen and oxygen atoms in total. The van der Waals surface area contributed by atoms with Crippen LogP contribution in [0, 0.1) is 6.92 Å². The number of sulfonamides is 1. The van der Waals surface area contributed by atoms with E-state index in [-0.39, 0.29) is 18.9 Å². The Balaban J connectivity index is 2.07. The summed E-state index contributed by atoms with van der Waals surface area (Å²) in [5, 5.41) is 0.471. The number of anilines is 2. The smallest absolute Gasteiger partial charge is 0.232 e. The summed E-state index contributed by atoms with van der Waals surface area (Å²) in [5.41, 5.74) is 2.17. The third-order valence-corrected chi connectivity index (χ3v) is 5.52. The Kier molecular flexibility index (Phi) is 6.67. The lowest BCUT2D eigenvalue weighted by Gasteiger charge is -2.25. The standard InChI is InChI=1S/C19H23ClN2O3S/c1-15-11-12-16(20)14-18(15)22(26(3,24)25)13-7-10-19(23)21(2)17-8-5-4-6-9-17/h4-6,8-9,11-12,14H,7,10,13H2,1-3H3. The average molecular weight is 395 g/mol. The summed E-state index contributed by atoms with van der Waals surface area (Å²) in [6.45, 7) is 2.05. The summed E-state index contributed by atoms with van der Waals surface area (Å²) in [7, 11) is -1.76. The molecule has 7 heteroatoms. The van der Waals surface area contributed by atoms with Gasteiger partial charge in [0.05, 0.1) is 11.9 Å². The van der Waals surface area contributed by atoms with Gasteiger partial charge in [0.15, 0.2) is 0 Å². The van der Waals surface area contributed by atoms with Crippen LogP contribution < -0.4 is 9.21 Å². The highest BCUT2D eigenvalue weighted by Crippen LogP contribution is 2.26. The Hall–Kier alpha value is -2.05. The number of carbonyl (C=O) groups is 1. The number of rotatable bonds is 7. The van der Waals surface area contributed by atoms with Crippen LogP contribution in [0.1, 0.15) is 18.4 Å². The summed E-state index contributed by atoms with van der Waals surface area (Å²) < 4.78 is 25.7. The maximum Gasteiger partial charge on any atom is 0.232 e. The number of para-hydroxylation sites is 1. The van der Waals surface area contributed by atoms with Gasteiger partial charge in [-0.1, -0.05) is 35.9 Å². The second kappa shape index (κ2) is 8.56. The maximum absolute atomic E-state index is 12.4. The van der Waals surface area contributed by atoms with E-state index in [9.17, 15) is 13.2 Å². The third kappa shape index (κ3) is 5.22. The minimum atomic E-state index is -3.48. The van der Waals surface area contributed by atoms with Crippen molar-refractivity contribution in [3.63, 3.8) is 0 Å². The van der Waals surface area contributed by atoms with E-state index >= 15 is 0 Å². The molecule has 140 valence electrons. The Bertz CT molecular complexity index is 870. The van der Waals surface area contributed by atoms with Crippen molar-refractivity contribution in [1.82, 2.24) is 0 Å². The van der Waals surface area contributed by atoms with Gasteiger partial charge in [-0.15, -0.1) is 0 Å². The fourth-order valence-electron chi connectivity index (χ4n) is 2.65. The van der Waals surface area contributed by atoms with Crippen LogP contribution in [0.15, 0.2) is 48.5 Å². The number of amides is 1. The molecule has 2 aromatic rings. The van der Waals surface area contributed by atoms with Gasteiger partial charge in [-0.05, 0) is 43.2 Å². The van der Waals surface area contributed by atoms with E-state index in [0.717, 1.165) is 17.5 Å². The molecule has 0 aliphatic heterocycles. The van der Waals surface area contributed by atoms with Gasteiger partial charge in [-0.2, -0.15) is 0 Å². The molecule has 0 heterocycles. The van der Waals surface area contributed by atoms with Crippen molar-refractivity contribution in [2.24, 2.45) is 0 Å². The maximum atomic E-state index is 12.4. The van der Waals surface area contributed by atoms with Crippen LogP contribution in [-0.2, 0) is 14.8 Å². The molecule has 0 spiro atoms. The molecule has 0 N–H and O–H groups in total. The zero-order valence-corrected chi connectivity index (χ0v) is 16.7. The van der Waals surface area contributed by atoms with E-state index in [0.29, 0.717) is 17.1 Å². The van der Waals surface area contributed by atoms with Crippen LogP contribution >= 0.6 is 11.6 Å². The molecule has 0 saturated heterocycles. The molecule has 0 radical (unpaired) electrons. The zero-order valence-electron chi connectivity index (χ0n) is 15.1. The molecule has 0 aliphatic rings. The summed E-state index contributed by atoms with van der Waals surface area (Å²) >= 11 is 6.02. The van der Waals surface area contributed by atoms with E-state index in [1.54, 1.807) is 30.1 Å². The molecule has 0 aromatic heterocycles. The van der Waals surface area contributed by atoms with Gasteiger partial charge in [-0.3, -0.25) is 9.10 Å². The normalized spacial score (nSPS) is 11.2. The zero-order chi connectivity index (χ0) is 19.3. The average Bonchev–Trinajstić information content (AvgIpc) is 2.60. The number of aryl methyl sites for hydroxylation is 1. The van der Waals surface area contributed by atoms with E-state index < -0.39 is 10.0 Å². The molecular weight excluding hydrogens is 372 g/mol. The van der Waals surface area contributed by atoms with Crippen molar-refractivity contribution in [1.29, 1.82) is 0 Å². The second-order valence-electron chi connectivity index (χ2n) is 6.16. The number of halogens is 1. The Morgan fingerprint density at radius 2 is 1.77 bits per heavy atom. The molecule has 0 atom stereocenters. The lowest BCUT2D eigenvalue weighted by atomic mass is 10.2. The van der Waals surface area contributed by atoms with Crippen molar-refractivity contribution in [3.8, 4) is 0 Å². The lowest BCUT2D eigenvalue weighted by Crippen LogP contribution is -2.33. The van der Waals surface area contributed by atoms with E-state index in [4.69, 9.17) is 11.6 Å². The summed E-state index contributed by atoms with van der Waals surface area (Å²) in [6, 6.07) is 14.5. The Morgan fingerprint density at radius 3 is 2.38 bits per heavy atom. The van der Waals surface area contributed by atoms with Gasteiger partial charge in [0.2, 0.25) is 15.9 Å². The SMILES string of the molecule is Cc1ccc(Cl)cc1N(CCCC(=O)N(C)c1ccccc1)S(C)(=O)=O. The molecular formula is C19H23ClN2O3S. The van der Waals surface area contributed by atoms with Crippen molar-refractivity contribution < 1.29 is 13.2 Å². The first-order valence-electron chi connectivity index (χ1n) is 8.25. The topological polar surface area (TPSA) is 57.7 Å². The van der Waals surface area contributed by atoms with E-state index in [1.807, 2.05) is 37.3 Å². The highest BCUT2D eigenvalue weighted by molar-refractivity contribution is 7.92. The lowest BCUT2D eigenvalue weighted by molar-refractivity contribution is -0.118. The highest BCUT2D eigenvalue weighted by Gasteiger charge is 2.20. The van der Waals surface area contributed by atoms with Gasteiger partial charge in [0.25, 0.3) is 0 Å². The van der Waals surface area contributed by atoms with Crippen LogP contribution in [0.4, 0.5) is 11.4 Å². The van der Waals surface area contributed by atoms with Crippen LogP contribution in [0.2, 0.25) is 5.02 Å². The summed E-state index contributed by atoms with van der Waals surface area (Å²) in [4.78, 5) is 13.9. The van der Waals surface area contributed by atoms with E-state index in [1.165, 1.54) is 4.31 Å². The Labute approximate surface area is 160 Å². The van der Waals surface area contributed by atoms with Gasteiger partial charge in [0.1, 0.15) is 0 Å². The molecule has 0 fully saturated rings. The van der Waals surface area contributed by atoms with Crippen LogP contribution in [-0.4, -0.2) is 34.2 Å². The highest BCUT2D eigenvalue weighted by atomic mass is 35.5. The summed E-state index contributed by atoms with van der Waals surface area (Å²) in [6.07, 6.45) is 1.82. The van der Waals surface area contributed by atoms with Crippen molar-refractivity contribution >= 4 is 38.9 Å². The number of hydrogen-bond donors (Lipinski definition) is 0. The number of carbonyl (C=O) groups excluding carboxylic acids is 1. The fraction of sp³-hybridized carbons (Fsp3) is 0.316. The van der Waals surface area contributed by atoms with Gasteiger partial charge < -0.3 is 4.90 Å². The monoisotopic (exact) mass is 394 g/mol. The van der Waals surface area contributed by atoms with Crippen molar-refractivity contribution in [2.45, 2.75) is 19.8 Å². The van der Waals surface area contributed by atoms with Crippen LogP contribution in [0.25, 0.3) is 0 Å². The molecule has 1 amide bonds. The fourth-order valence-corrected chi connectivity index (χ4v) is 3.83. The molecule has 26 heavy (non-hydrogen) atoms. The second-order valence-corrected chi connectivity index (χ2v) is 8.50. The number of nitrogens with zero attached hydrogens (tertiary/aromatic N) is 2. The molecule has 2 aromatic carbocycles. The quantitative estimate of drug-likeness (QED) is 0.716. The minimum absolute atomic E-state index is 0.0625. The van der Waals surface area contributed by atoms with Crippen molar-refractivity contribution in [3.05, 3.63) is 59.1 Å². The van der Waals surface area contributed by atoms with Crippen LogP contribution in [0.5, 0.6) is 0 Å².